The van der Waals surface area contributed by atoms with Crippen molar-refractivity contribution >= 4 is 40.3 Å². The van der Waals surface area contributed by atoms with Crippen LogP contribution in [0.5, 0.6) is 5.75 Å². The number of phenolic OH excluding ortho intramolecular Hbond substituents is 1. The molecule has 1 fully saturated rings. The second-order valence-corrected chi connectivity index (χ2v) is 13.7. The van der Waals surface area contributed by atoms with E-state index in [-0.39, 0.29) is 59.0 Å². The largest absolute Gasteiger partial charge is 0.508 e. The number of hydrogen-bond donors (Lipinski definition) is 5. The molecule has 10 heteroatoms. The van der Waals surface area contributed by atoms with Crippen molar-refractivity contribution in [3.8, 4) is 5.75 Å². The molecule has 0 bridgehead atoms. The summed E-state index contributed by atoms with van der Waals surface area (Å²) in [5.74, 6) is -6.04. The Hall–Kier alpha value is -3.66. The minimum Gasteiger partial charge on any atom is -0.508 e. The Balaban J connectivity index is 1.88. The van der Waals surface area contributed by atoms with Crippen LogP contribution in [0.1, 0.15) is 71.9 Å². The predicted molar refractivity (Wildman–Crippen MR) is 159 cm³/mol. The first-order chi connectivity index (χ1) is 19.3. The zero-order chi connectivity index (χ0) is 31.6. The highest BCUT2D eigenvalue weighted by molar-refractivity contribution is 6.23. The van der Waals surface area contributed by atoms with Crippen molar-refractivity contribution in [2.24, 2.45) is 23.2 Å². The molecule has 1 unspecified atom stereocenters. The summed E-state index contributed by atoms with van der Waals surface area (Å²) in [6.07, 6.45) is 0.310. The molecule has 4 rings (SSSR count). The highest BCUT2D eigenvalue weighted by Gasteiger charge is 2.60. The highest BCUT2D eigenvalue weighted by atomic mass is 16.3. The third-order valence-electron chi connectivity index (χ3n) is 8.66. The summed E-state index contributed by atoms with van der Waals surface area (Å²) in [5.41, 5.74) is -2.16. The first kappa shape index (κ1) is 31.3. The summed E-state index contributed by atoms with van der Waals surface area (Å²) in [7, 11) is 3.60. The van der Waals surface area contributed by atoms with Gasteiger partial charge in [0.05, 0.1) is 17.3 Å². The molecule has 10 nitrogen and oxygen atoms in total. The van der Waals surface area contributed by atoms with Gasteiger partial charge in [-0.2, -0.15) is 0 Å². The molecule has 3 aliphatic carbocycles. The number of nitrogens with zero attached hydrogens (tertiary/aromatic N) is 1. The molecule has 1 aromatic rings. The molecular weight excluding hydrogens is 540 g/mol. The number of ketones is 4. The lowest BCUT2D eigenvalue weighted by Crippen LogP contribution is -2.57. The summed E-state index contributed by atoms with van der Waals surface area (Å²) in [5, 5.41) is 48.7. The first-order valence-electron chi connectivity index (χ1n) is 14.3. The number of aliphatic hydroxyl groups is 3. The molecule has 0 aromatic heterocycles. The lowest BCUT2D eigenvalue weighted by atomic mass is 9.59. The molecule has 1 saturated carbocycles. The fourth-order valence-electron chi connectivity index (χ4n) is 6.71. The van der Waals surface area contributed by atoms with E-state index in [1.807, 2.05) is 39.5 Å². The normalized spacial score (nSPS) is 24.7. The number of anilines is 2. The number of aliphatic hydroxyl groups excluding tert-OH is 2. The molecule has 1 aromatic carbocycles. The number of phenols is 1. The van der Waals surface area contributed by atoms with Crippen LogP contribution in [0.4, 0.5) is 11.4 Å². The van der Waals surface area contributed by atoms with E-state index >= 15 is 0 Å². The van der Waals surface area contributed by atoms with Gasteiger partial charge in [0, 0.05) is 44.1 Å². The summed E-state index contributed by atoms with van der Waals surface area (Å²) in [6.45, 7) is 10.8. The molecular formula is C32H42N2O8. The van der Waals surface area contributed by atoms with Crippen molar-refractivity contribution in [3.05, 3.63) is 34.1 Å². The van der Waals surface area contributed by atoms with Gasteiger partial charge in [-0.3, -0.25) is 19.2 Å². The van der Waals surface area contributed by atoms with Crippen molar-refractivity contribution in [2.75, 3.05) is 24.3 Å². The van der Waals surface area contributed by atoms with E-state index in [9.17, 15) is 39.6 Å². The van der Waals surface area contributed by atoms with Gasteiger partial charge < -0.3 is 30.6 Å². The number of hydrogen-bond acceptors (Lipinski definition) is 10. The Bertz CT molecular complexity index is 1440. The lowest BCUT2D eigenvalue weighted by molar-refractivity contribution is -0.147. The smallest absolute Gasteiger partial charge is 0.202 e. The van der Waals surface area contributed by atoms with Gasteiger partial charge in [-0.1, -0.05) is 34.6 Å². The number of carbonyl (C=O) groups is 4. The van der Waals surface area contributed by atoms with Gasteiger partial charge in [0.1, 0.15) is 22.8 Å². The monoisotopic (exact) mass is 582 g/mol. The van der Waals surface area contributed by atoms with E-state index in [4.69, 9.17) is 0 Å². The van der Waals surface area contributed by atoms with Crippen molar-refractivity contribution in [2.45, 2.75) is 78.9 Å². The second-order valence-electron chi connectivity index (χ2n) is 13.7. The molecule has 0 saturated heterocycles. The molecule has 0 heterocycles. The molecule has 0 aliphatic heterocycles. The van der Waals surface area contributed by atoms with Crippen molar-refractivity contribution in [1.29, 1.82) is 0 Å². The first-order valence-corrected chi connectivity index (χ1v) is 14.3. The molecule has 42 heavy (non-hydrogen) atoms. The zero-order valence-electron chi connectivity index (χ0n) is 25.6. The predicted octanol–water partition coefficient (Wildman–Crippen LogP) is 4.04. The molecule has 0 amide bonds. The third-order valence-corrected chi connectivity index (χ3v) is 8.66. The third kappa shape index (κ3) is 4.99. The molecule has 228 valence electrons. The van der Waals surface area contributed by atoms with Crippen LogP contribution in [0, 0.1) is 23.2 Å². The Kier molecular flexibility index (Phi) is 7.86. The molecule has 5 N–H and O–H groups in total. The van der Waals surface area contributed by atoms with E-state index in [0.29, 0.717) is 17.7 Å². The second kappa shape index (κ2) is 10.6. The van der Waals surface area contributed by atoms with Crippen LogP contribution < -0.4 is 10.2 Å². The van der Waals surface area contributed by atoms with E-state index in [1.165, 1.54) is 0 Å². The van der Waals surface area contributed by atoms with Crippen LogP contribution in [-0.4, -0.2) is 69.3 Å². The quantitative estimate of drug-likeness (QED) is 0.234. The van der Waals surface area contributed by atoms with Gasteiger partial charge in [-0.15, -0.1) is 0 Å². The summed E-state index contributed by atoms with van der Waals surface area (Å²) in [6, 6.07) is 1.07. The highest BCUT2D eigenvalue weighted by Crippen LogP contribution is 2.54. The number of fused-ring (bicyclic) bond motifs is 3. The van der Waals surface area contributed by atoms with Gasteiger partial charge in [-0.25, -0.2) is 0 Å². The minimum absolute atomic E-state index is 0.00160. The van der Waals surface area contributed by atoms with Crippen LogP contribution in [-0.2, 0) is 25.6 Å². The summed E-state index contributed by atoms with van der Waals surface area (Å²) in [4.78, 5) is 53.7. The van der Waals surface area contributed by atoms with E-state index in [2.05, 4.69) is 5.32 Å². The minimum atomic E-state index is -2.55. The standard InChI is InChI=1S/C32H42N2O8/c1-14(2)26(22(37)13-31(4,5)6)33-19-12-20(34(7)8)18-10-16-9-17-11-21(36)23(15(3)35)29(40)32(17,42)30(41)24(16)28(39)25(18)27(19)38/h12,14,16-17,26,33,38-40,42H,9-11,13H2,1-8H3/t16-,17+,26?,32-/m1/s1. The molecule has 3 aliphatic rings. The Morgan fingerprint density at radius 1 is 1.12 bits per heavy atom. The van der Waals surface area contributed by atoms with Crippen LogP contribution >= 0.6 is 0 Å². The van der Waals surface area contributed by atoms with Gasteiger partial charge in [-0.05, 0) is 48.6 Å². The average Bonchev–Trinajstić information content (AvgIpc) is 2.83. The van der Waals surface area contributed by atoms with E-state index in [1.54, 1.807) is 20.2 Å². The lowest BCUT2D eigenvalue weighted by Gasteiger charge is -2.46. The van der Waals surface area contributed by atoms with E-state index in [0.717, 1.165) is 6.92 Å². The maximum absolute atomic E-state index is 13.9. The maximum Gasteiger partial charge on any atom is 0.202 e. The van der Waals surface area contributed by atoms with E-state index < -0.39 is 57.9 Å². The number of allylic oxidation sites excluding steroid dienone is 1. The van der Waals surface area contributed by atoms with Gasteiger partial charge >= 0.3 is 0 Å². The number of benzene rings is 1. The van der Waals surface area contributed by atoms with Gasteiger partial charge in [0.25, 0.3) is 0 Å². The number of aromatic hydroxyl groups is 1. The van der Waals surface area contributed by atoms with Crippen LogP contribution in [0.3, 0.4) is 0 Å². The molecule has 4 atom stereocenters. The summed E-state index contributed by atoms with van der Waals surface area (Å²) >= 11 is 0. The molecule has 0 radical (unpaired) electrons. The van der Waals surface area contributed by atoms with Crippen molar-refractivity contribution in [3.63, 3.8) is 0 Å². The SMILES string of the molecule is CC(=O)C1=C(O)[C@@]2(O)C(=O)C3=C(O)c4c(O)c(NC(C(=O)CC(C)(C)C)C(C)C)cc(N(C)C)c4C[C@H]3C[C@H]2CC1=O. The maximum atomic E-state index is 13.9. The van der Waals surface area contributed by atoms with Crippen molar-refractivity contribution < 1.29 is 39.6 Å². The topological polar surface area (TPSA) is 164 Å². The van der Waals surface area contributed by atoms with Gasteiger partial charge in [0.15, 0.2) is 23.0 Å². The van der Waals surface area contributed by atoms with Crippen molar-refractivity contribution in [1.82, 2.24) is 0 Å². The Morgan fingerprint density at radius 3 is 2.26 bits per heavy atom. The Labute approximate surface area is 246 Å². The summed E-state index contributed by atoms with van der Waals surface area (Å²) < 4.78 is 0. The van der Waals surface area contributed by atoms with Crippen LogP contribution in [0.15, 0.2) is 23.0 Å². The number of nitrogens with one attached hydrogen (secondary N) is 1. The van der Waals surface area contributed by atoms with Gasteiger partial charge in [0.2, 0.25) is 5.78 Å². The zero-order valence-corrected chi connectivity index (χ0v) is 25.6. The molecule has 0 spiro atoms. The number of carbonyl (C=O) groups excluding carboxylic acids is 4. The fraction of sp³-hybridized carbons (Fsp3) is 0.562. The van der Waals surface area contributed by atoms with Crippen LogP contribution in [0.2, 0.25) is 0 Å². The number of rotatable bonds is 7. The Morgan fingerprint density at radius 2 is 1.74 bits per heavy atom. The fourth-order valence-corrected chi connectivity index (χ4v) is 6.71. The number of Topliss-reactive ketones (excluding diaryl/α,β-unsaturated/α-hetero) is 4. The van der Waals surface area contributed by atoms with Crippen LogP contribution in [0.25, 0.3) is 5.76 Å². The average molecular weight is 583 g/mol.